The molecular formula is C13H19NO4. The molecule has 1 rings (SSSR count). The molecule has 0 saturated heterocycles. The molecule has 5 nitrogen and oxygen atoms in total. The Kier molecular flexibility index (Phi) is 4.69. The van der Waals surface area contributed by atoms with Crippen LogP contribution in [0.15, 0.2) is 24.3 Å². The Morgan fingerprint density at radius 2 is 2.00 bits per heavy atom. The van der Waals surface area contributed by atoms with Crippen LogP contribution in [0.2, 0.25) is 0 Å². The maximum atomic E-state index is 10.9. The van der Waals surface area contributed by atoms with Gasteiger partial charge >= 0.3 is 5.97 Å². The summed E-state index contributed by atoms with van der Waals surface area (Å²) in [5, 5.41) is 17.8. The molecule has 5 heteroatoms. The van der Waals surface area contributed by atoms with Crippen molar-refractivity contribution < 1.29 is 19.7 Å². The number of hydrogen-bond donors (Lipinski definition) is 3. The van der Waals surface area contributed by atoms with Gasteiger partial charge in [-0.05, 0) is 31.5 Å². The monoisotopic (exact) mass is 253 g/mol. The normalized spacial score (nSPS) is 15.8. The van der Waals surface area contributed by atoms with Crippen molar-refractivity contribution in [2.24, 2.45) is 5.73 Å². The second-order valence-electron chi connectivity index (χ2n) is 4.66. The number of carbonyl (C=O) groups is 1. The average Bonchev–Trinajstić information content (AvgIpc) is 2.29. The van der Waals surface area contributed by atoms with E-state index < -0.39 is 11.5 Å². The molecule has 2 atom stereocenters. The Morgan fingerprint density at radius 3 is 2.44 bits per heavy atom. The van der Waals surface area contributed by atoms with E-state index in [0.717, 1.165) is 5.56 Å². The zero-order valence-electron chi connectivity index (χ0n) is 10.6. The molecule has 1 aromatic rings. The number of hydrogen-bond acceptors (Lipinski definition) is 4. The van der Waals surface area contributed by atoms with E-state index in [4.69, 9.17) is 20.7 Å². The number of ether oxygens (including phenoxy) is 1. The van der Waals surface area contributed by atoms with Gasteiger partial charge in [-0.1, -0.05) is 12.1 Å². The molecule has 0 heterocycles. The lowest BCUT2D eigenvalue weighted by Crippen LogP contribution is -2.47. The molecule has 0 amide bonds. The number of benzene rings is 1. The van der Waals surface area contributed by atoms with Gasteiger partial charge in [0.2, 0.25) is 0 Å². The van der Waals surface area contributed by atoms with Gasteiger partial charge in [0.1, 0.15) is 11.3 Å². The lowest BCUT2D eigenvalue weighted by Gasteiger charge is -2.24. The number of carboxylic acids is 1. The highest BCUT2D eigenvalue weighted by Gasteiger charge is 2.30. The predicted molar refractivity (Wildman–Crippen MR) is 67.3 cm³/mol. The Hall–Kier alpha value is -1.59. The van der Waals surface area contributed by atoms with Gasteiger partial charge < -0.3 is 20.7 Å². The Bertz CT molecular complexity index is 400. The maximum absolute atomic E-state index is 10.9. The van der Waals surface area contributed by atoms with Crippen LogP contribution in [0, 0.1) is 0 Å². The van der Waals surface area contributed by atoms with Crippen molar-refractivity contribution in [1.29, 1.82) is 0 Å². The third-order valence-corrected chi connectivity index (χ3v) is 2.64. The van der Waals surface area contributed by atoms with Crippen molar-refractivity contribution in [2.75, 3.05) is 0 Å². The summed E-state index contributed by atoms with van der Waals surface area (Å²) in [5.41, 5.74) is 5.14. The third kappa shape index (κ3) is 4.01. The summed E-state index contributed by atoms with van der Waals surface area (Å²) in [7, 11) is 0. The summed E-state index contributed by atoms with van der Waals surface area (Å²) >= 11 is 0. The second kappa shape index (κ2) is 5.84. The summed E-state index contributed by atoms with van der Waals surface area (Å²) in [5.74, 6) is -0.422. The van der Waals surface area contributed by atoms with E-state index in [-0.39, 0.29) is 19.1 Å². The number of nitrogens with two attached hydrogens (primary N) is 1. The highest BCUT2D eigenvalue weighted by molar-refractivity contribution is 5.77. The Balaban J connectivity index is 2.58. The fourth-order valence-electron chi connectivity index (χ4n) is 1.63. The molecule has 0 fully saturated rings. The van der Waals surface area contributed by atoms with Gasteiger partial charge in [0.15, 0.2) is 0 Å². The van der Waals surface area contributed by atoms with Gasteiger partial charge in [0.25, 0.3) is 0 Å². The molecule has 0 bridgehead atoms. The molecule has 0 radical (unpaired) electrons. The van der Waals surface area contributed by atoms with Crippen molar-refractivity contribution in [1.82, 2.24) is 0 Å². The molecule has 0 saturated carbocycles. The summed E-state index contributed by atoms with van der Waals surface area (Å²) < 4.78 is 5.57. The minimum Gasteiger partial charge on any atom is -0.491 e. The van der Waals surface area contributed by atoms with Crippen molar-refractivity contribution >= 4 is 5.97 Å². The van der Waals surface area contributed by atoms with E-state index in [2.05, 4.69) is 0 Å². The number of aliphatic carboxylic acids is 1. The molecule has 18 heavy (non-hydrogen) atoms. The van der Waals surface area contributed by atoms with Gasteiger partial charge in [0.05, 0.1) is 12.7 Å². The number of aliphatic hydroxyl groups excluding tert-OH is 1. The quantitative estimate of drug-likeness (QED) is 0.707. The molecule has 100 valence electrons. The molecule has 0 aliphatic heterocycles. The zero-order chi connectivity index (χ0) is 13.8. The molecule has 0 aromatic heterocycles. The van der Waals surface area contributed by atoms with Crippen LogP contribution in [0.25, 0.3) is 0 Å². The van der Waals surface area contributed by atoms with E-state index in [0.29, 0.717) is 5.75 Å². The number of rotatable bonds is 6. The van der Waals surface area contributed by atoms with Gasteiger partial charge in [0, 0.05) is 6.42 Å². The third-order valence-electron chi connectivity index (χ3n) is 2.64. The summed E-state index contributed by atoms with van der Waals surface area (Å²) in [6, 6.07) is 6.97. The van der Waals surface area contributed by atoms with Crippen molar-refractivity contribution in [3.63, 3.8) is 0 Å². The lowest BCUT2D eigenvalue weighted by atomic mass is 9.96. The fourth-order valence-corrected chi connectivity index (χ4v) is 1.63. The van der Waals surface area contributed by atoms with E-state index >= 15 is 0 Å². The standard InChI is InChI=1S/C13H19NO4/c1-9(7-13(2,14)12(16)17)18-11-5-3-10(8-15)4-6-11/h3-6,9,15H,7-8,14H2,1-2H3,(H,16,17). The summed E-state index contributed by atoms with van der Waals surface area (Å²) in [6.45, 7) is 3.22. The first kappa shape index (κ1) is 14.5. The van der Waals surface area contributed by atoms with E-state index in [1.54, 1.807) is 31.2 Å². The lowest BCUT2D eigenvalue weighted by molar-refractivity contribution is -0.143. The van der Waals surface area contributed by atoms with Gasteiger partial charge in [-0.15, -0.1) is 0 Å². The van der Waals surface area contributed by atoms with Crippen LogP contribution in [0.1, 0.15) is 25.8 Å². The second-order valence-corrected chi connectivity index (χ2v) is 4.66. The molecular weight excluding hydrogens is 234 g/mol. The van der Waals surface area contributed by atoms with Crippen LogP contribution in [0.5, 0.6) is 5.75 Å². The average molecular weight is 253 g/mol. The molecule has 2 unspecified atom stereocenters. The predicted octanol–water partition coefficient (Wildman–Crippen LogP) is 1.14. The molecule has 0 spiro atoms. The summed E-state index contributed by atoms with van der Waals surface area (Å²) in [6.07, 6.45) is -0.0968. The van der Waals surface area contributed by atoms with Crippen molar-refractivity contribution in [3.8, 4) is 5.75 Å². The first-order valence-corrected chi connectivity index (χ1v) is 5.74. The van der Waals surface area contributed by atoms with Crippen LogP contribution < -0.4 is 10.5 Å². The maximum Gasteiger partial charge on any atom is 0.323 e. The first-order chi connectivity index (χ1) is 8.35. The SMILES string of the molecule is CC(CC(C)(N)C(=O)O)Oc1ccc(CO)cc1. The van der Waals surface area contributed by atoms with Crippen LogP contribution in [0.4, 0.5) is 0 Å². The van der Waals surface area contributed by atoms with Crippen LogP contribution in [-0.4, -0.2) is 27.8 Å². The summed E-state index contributed by atoms with van der Waals surface area (Å²) in [4.78, 5) is 10.9. The van der Waals surface area contributed by atoms with E-state index in [1.165, 1.54) is 6.92 Å². The van der Waals surface area contributed by atoms with Crippen LogP contribution in [0.3, 0.4) is 0 Å². The van der Waals surface area contributed by atoms with E-state index in [9.17, 15) is 4.79 Å². The van der Waals surface area contributed by atoms with Crippen molar-refractivity contribution in [3.05, 3.63) is 29.8 Å². The van der Waals surface area contributed by atoms with Gasteiger partial charge in [-0.2, -0.15) is 0 Å². The van der Waals surface area contributed by atoms with Gasteiger partial charge in [-0.3, -0.25) is 4.79 Å². The Morgan fingerprint density at radius 1 is 1.44 bits per heavy atom. The fraction of sp³-hybridized carbons (Fsp3) is 0.462. The van der Waals surface area contributed by atoms with Crippen molar-refractivity contribution in [2.45, 2.75) is 38.5 Å². The Labute approximate surface area is 106 Å². The number of aliphatic hydroxyl groups is 1. The highest BCUT2D eigenvalue weighted by atomic mass is 16.5. The topological polar surface area (TPSA) is 92.8 Å². The molecule has 0 aliphatic rings. The minimum absolute atomic E-state index is 0.0181. The minimum atomic E-state index is -1.30. The van der Waals surface area contributed by atoms with Crippen LogP contribution in [-0.2, 0) is 11.4 Å². The molecule has 0 aliphatic carbocycles. The number of carboxylic acid groups (broad SMARTS) is 1. The largest absolute Gasteiger partial charge is 0.491 e. The van der Waals surface area contributed by atoms with Crippen LogP contribution >= 0.6 is 0 Å². The zero-order valence-corrected chi connectivity index (χ0v) is 10.6. The molecule has 4 N–H and O–H groups in total. The highest BCUT2D eigenvalue weighted by Crippen LogP contribution is 2.18. The smallest absolute Gasteiger partial charge is 0.323 e. The first-order valence-electron chi connectivity index (χ1n) is 5.74. The molecule has 1 aromatic carbocycles. The van der Waals surface area contributed by atoms with Gasteiger partial charge in [-0.25, -0.2) is 0 Å². The van der Waals surface area contributed by atoms with E-state index in [1.807, 2.05) is 0 Å².